The molecule has 1 aliphatic heterocycles. The van der Waals surface area contributed by atoms with Crippen molar-refractivity contribution in [1.82, 2.24) is 9.55 Å². The standard InChI is InChI=1S/C27H27N5O5/c28-25-20-7-5-18(11-17(20)13-29-25)30-26(35)23(34)24-27(36)31(9-10-37-24)19-6-3-16-4-8-22(33)32(21(16)12-19)14-15-1-2-15/h3-8,11-13,15,23-24,29,34H,1-2,9-10,14,28H2,(H,30,35)/t23-,24-/m1/s1. The van der Waals surface area contributed by atoms with Crippen molar-refractivity contribution in [3.63, 3.8) is 0 Å². The van der Waals surface area contributed by atoms with Gasteiger partial charge in [-0.15, -0.1) is 0 Å². The number of benzene rings is 2. The molecule has 2 aromatic carbocycles. The number of pyridine rings is 1. The SMILES string of the molecule is Nc1[nH]cc2cc(NC(=O)[C@H](O)[C@H]3OCCN(c4ccc5ccc(=O)n(CC6CC6)c5c4)C3=O)ccc12. The Morgan fingerprint density at radius 1 is 1.14 bits per heavy atom. The fraction of sp³-hybridized carbons (Fsp3) is 0.296. The number of aromatic amines is 1. The van der Waals surface area contributed by atoms with Crippen molar-refractivity contribution in [2.24, 2.45) is 5.92 Å². The number of amides is 2. The zero-order valence-electron chi connectivity index (χ0n) is 20.0. The lowest BCUT2D eigenvalue weighted by Crippen LogP contribution is -2.55. The number of aliphatic hydroxyl groups is 1. The Morgan fingerprint density at radius 3 is 2.76 bits per heavy atom. The maximum atomic E-state index is 13.4. The molecule has 3 heterocycles. The van der Waals surface area contributed by atoms with Crippen molar-refractivity contribution in [2.75, 3.05) is 29.1 Å². The molecule has 37 heavy (non-hydrogen) atoms. The van der Waals surface area contributed by atoms with E-state index >= 15 is 0 Å². The number of hydrogen-bond acceptors (Lipinski definition) is 6. The van der Waals surface area contributed by atoms with E-state index in [1.54, 1.807) is 47.2 Å². The lowest BCUT2D eigenvalue weighted by atomic mass is 10.1. The number of nitrogens with zero attached hydrogens (tertiary/aromatic N) is 2. The van der Waals surface area contributed by atoms with Crippen LogP contribution >= 0.6 is 0 Å². The lowest BCUT2D eigenvalue weighted by molar-refractivity contribution is -0.150. The molecular weight excluding hydrogens is 474 g/mol. The Labute approximate surface area is 211 Å². The summed E-state index contributed by atoms with van der Waals surface area (Å²) in [6.45, 7) is 1.07. The topological polar surface area (TPSA) is 143 Å². The van der Waals surface area contributed by atoms with Crippen LogP contribution in [-0.2, 0) is 20.9 Å². The van der Waals surface area contributed by atoms with Gasteiger partial charge < -0.3 is 35.3 Å². The van der Waals surface area contributed by atoms with Crippen LogP contribution in [0.1, 0.15) is 12.8 Å². The second-order valence-corrected chi connectivity index (χ2v) is 9.69. The van der Waals surface area contributed by atoms with Crippen molar-refractivity contribution >= 4 is 50.7 Å². The first kappa shape index (κ1) is 23.3. The first-order chi connectivity index (χ1) is 17.9. The van der Waals surface area contributed by atoms with Gasteiger partial charge in [0.25, 0.3) is 17.4 Å². The number of nitrogens with two attached hydrogens (primary N) is 1. The molecule has 2 amide bonds. The van der Waals surface area contributed by atoms with Gasteiger partial charge in [-0.2, -0.15) is 0 Å². The van der Waals surface area contributed by atoms with Crippen LogP contribution in [0.15, 0.2) is 59.5 Å². The molecule has 4 aromatic rings. The highest BCUT2D eigenvalue weighted by Crippen LogP contribution is 2.32. The molecule has 190 valence electrons. The third-order valence-corrected chi connectivity index (χ3v) is 7.10. The second kappa shape index (κ2) is 9.06. The van der Waals surface area contributed by atoms with E-state index in [0.29, 0.717) is 29.7 Å². The number of carbonyl (C=O) groups excluding carboxylic acids is 2. The van der Waals surface area contributed by atoms with Crippen molar-refractivity contribution < 1.29 is 19.4 Å². The predicted molar refractivity (Wildman–Crippen MR) is 140 cm³/mol. The van der Waals surface area contributed by atoms with Gasteiger partial charge in [0.05, 0.1) is 12.1 Å². The van der Waals surface area contributed by atoms with Crippen LogP contribution in [0.5, 0.6) is 0 Å². The second-order valence-electron chi connectivity index (χ2n) is 9.69. The molecule has 2 fully saturated rings. The van der Waals surface area contributed by atoms with Crippen LogP contribution in [0.2, 0.25) is 0 Å². The summed E-state index contributed by atoms with van der Waals surface area (Å²) < 4.78 is 7.31. The van der Waals surface area contributed by atoms with E-state index in [1.165, 1.54) is 4.90 Å². The van der Waals surface area contributed by atoms with Crippen LogP contribution in [-0.4, -0.2) is 51.8 Å². The first-order valence-electron chi connectivity index (χ1n) is 12.3. The minimum Gasteiger partial charge on any atom is -0.385 e. The van der Waals surface area contributed by atoms with Crippen molar-refractivity contribution in [3.05, 3.63) is 65.1 Å². The Hall–Kier alpha value is -4.15. The zero-order chi connectivity index (χ0) is 25.7. The molecule has 1 saturated heterocycles. The summed E-state index contributed by atoms with van der Waals surface area (Å²) in [5, 5.41) is 15.9. The van der Waals surface area contributed by atoms with E-state index in [0.717, 1.165) is 34.5 Å². The maximum absolute atomic E-state index is 13.4. The van der Waals surface area contributed by atoms with Gasteiger partial charge in [0.1, 0.15) is 5.82 Å². The van der Waals surface area contributed by atoms with Gasteiger partial charge in [-0.3, -0.25) is 14.4 Å². The Morgan fingerprint density at radius 2 is 1.95 bits per heavy atom. The van der Waals surface area contributed by atoms with E-state index in [1.807, 2.05) is 12.1 Å². The fourth-order valence-corrected chi connectivity index (χ4v) is 4.87. The van der Waals surface area contributed by atoms with E-state index < -0.39 is 24.0 Å². The Balaban J connectivity index is 1.22. The zero-order valence-corrected chi connectivity index (χ0v) is 20.0. The number of anilines is 3. The molecular formula is C27H27N5O5. The van der Waals surface area contributed by atoms with Crippen LogP contribution < -0.4 is 21.5 Å². The summed E-state index contributed by atoms with van der Waals surface area (Å²) in [5.74, 6) is -0.244. The normalized spacial score (nSPS) is 18.9. The molecule has 0 radical (unpaired) electrons. The molecule has 1 saturated carbocycles. The van der Waals surface area contributed by atoms with E-state index in [-0.39, 0.29) is 18.7 Å². The minimum atomic E-state index is -1.71. The smallest absolute Gasteiger partial charge is 0.259 e. The Bertz CT molecular complexity index is 1590. The fourth-order valence-electron chi connectivity index (χ4n) is 4.87. The van der Waals surface area contributed by atoms with E-state index in [9.17, 15) is 19.5 Å². The molecule has 6 rings (SSSR count). The number of nitrogens with one attached hydrogen (secondary N) is 2. The van der Waals surface area contributed by atoms with Gasteiger partial charge in [-0.1, -0.05) is 6.07 Å². The van der Waals surface area contributed by atoms with Crippen molar-refractivity contribution in [2.45, 2.75) is 31.6 Å². The third-order valence-electron chi connectivity index (χ3n) is 7.10. The largest absolute Gasteiger partial charge is 0.385 e. The highest BCUT2D eigenvalue weighted by Gasteiger charge is 2.39. The van der Waals surface area contributed by atoms with Crippen molar-refractivity contribution in [3.8, 4) is 0 Å². The molecule has 0 bridgehead atoms. The van der Waals surface area contributed by atoms with Gasteiger partial charge >= 0.3 is 0 Å². The number of hydrogen-bond donors (Lipinski definition) is 4. The number of ether oxygens (including phenoxy) is 1. The number of nitrogen functional groups attached to an aromatic ring is 1. The average Bonchev–Trinajstić information content (AvgIpc) is 3.65. The quantitative estimate of drug-likeness (QED) is 0.319. The highest BCUT2D eigenvalue weighted by molar-refractivity contribution is 6.05. The lowest BCUT2D eigenvalue weighted by Gasteiger charge is -2.34. The molecule has 2 aliphatic rings. The molecule has 2 atom stereocenters. The van der Waals surface area contributed by atoms with Crippen LogP contribution in [0.4, 0.5) is 17.2 Å². The summed E-state index contributed by atoms with van der Waals surface area (Å²) in [7, 11) is 0. The summed E-state index contributed by atoms with van der Waals surface area (Å²) in [6.07, 6.45) is 0.866. The number of aliphatic hydroxyl groups excluding tert-OH is 1. The van der Waals surface area contributed by atoms with Gasteiger partial charge in [0.15, 0.2) is 12.2 Å². The maximum Gasteiger partial charge on any atom is 0.259 e. The van der Waals surface area contributed by atoms with E-state index in [4.69, 9.17) is 10.5 Å². The number of morpholine rings is 1. The molecule has 10 heteroatoms. The summed E-state index contributed by atoms with van der Waals surface area (Å²) >= 11 is 0. The van der Waals surface area contributed by atoms with Gasteiger partial charge in [0.2, 0.25) is 0 Å². The van der Waals surface area contributed by atoms with Crippen LogP contribution in [0.3, 0.4) is 0 Å². The van der Waals surface area contributed by atoms with Crippen LogP contribution in [0, 0.1) is 5.92 Å². The first-order valence-corrected chi connectivity index (χ1v) is 12.3. The van der Waals surface area contributed by atoms with Crippen LogP contribution in [0.25, 0.3) is 21.7 Å². The summed E-state index contributed by atoms with van der Waals surface area (Å²) in [4.78, 5) is 43.2. The van der Waals surface area contributed by atoms with Gasteiger partial charge in [0, 0.05) is 47.5 Å². The Kier molecular flexibility index (Phi) is 5.69. The van der Waals surface area contributed by atoms with E-state index in [2.05, 4.69) is 10.3 Å². The summed E-state index contributed by atoms with van der Waals surface area (Å²) in [6, 6.07) is 14.0. The summed E-state index contributed by atoms with van der Waals surface area (Å²) in [5.41, 5.74) is 7.59. The number of fused-ring (bicyclic) bond motifs is 2. The number of H-pyrrole nitrogens is 1. The predicted octanol–water partition coefficient (Wildman–Crippen LogP) is 2.21. The molecule has 0 spiro atoms. The van der Waals surface area contributed by atoms with Crippen molar-refractivity contribution in [1.29, 1.82) is 0 Å². The minimum absolute atomic E-state index is 0.0738. The third kappa shape index (κ3) is 4.34. The highest BCUT2D eigenvalue weighted by atomic mass is 16.5. The monoisotopic (exact) mass is 501 g/mol. The molecule has 5 N–H and O–H groups in total. The number of aromatic nitrogens is 2. The average molecular weight is 502 g/mol. The molecule has 0 unspecified atom stereocenters. The molecule has 2 aromatic heterocycles. The number of carbonyl (C=O) groups is 2. The van der Waals surface area contributed by atoms with Gasteiger partial charge in [-0.25, -0.2) is 0 Å². The number of rotatable bonds is 6. The molecule has 10 nitrogen and oxygen atoms in total. The molecule has 1 aliphatic carbocycles. The van der Waals surface area contributed by atoms with Gasteiger partial charge in [-0.05, 0) is 60.5 Å².